The van der Waals surface area contributed by atoms with Gasteiger partial charge in [0.1, 0.15) is 5.75 Å². The molecule has 8 heteroatoms. The van der Waals surface area contributed by atoms with Crippen LogP contribution in [0.25, 0.3) is 0 Å². The zero-order valence-electron chi connectivity index (χ0n) is 10.5. The molecule has 20 heavy (non-hydrogen) atoms. The topological polar surface area (TPSA) is 55.4 Å². The first-order valence-corrected chi connectivity index (χ1v) is 8.23. The van der Waals surface area contributed by atoms with Crippen LogP contribution in [-0.4, -0.2) is 32.6 Å². The predicted molar refractivity (Wildman–Crippen MR) is 72.0 cm³/mol. The summed E-state index contributed by atoms with van der Waals surface area (Å²) in [7, 11) is -2.98. The lowest BCUT2D eigenvalue weighted by Gasteiger charge is -2.14. The highest BCUT2D eigenvalue weighted by atomic mass is 35.5. The lowest BCUT2D eigenvalue weighted by molar-refractivity contribution is -0.0505. The van der Waals surface area contributed by atoms with E-state index in [2.05, 4.69) is 10.1 Å². The van der Waals surface area contributed by atoms with Crippen LogP contribution >= 0.6 is 11.6 Å². The third kappa shape index (κ3) is 4.29. The van der Waals surface area contributed by atoms with Gasteiger partial charge in [0.05, 0.1) is 11.5 Å². The maximum absolute atomic E-state index is 12.3. The van der Waals surface area contributed by atoms with E-state index in [1.165, 1.54) is 18.2 Å². The fourth-order valence-corrected chi connectivity index (χ4v) is 4.01. The van der Waals surface area contributed by atoms with Crippen molar-refractivity contribution < 1.29 is 21.9 Å². The average Bonchev–Trinajstić information content (AvgIpc) is 2.69. The SMILES string of the molecule is O=S1(=O)CCC(NCc2cc(Cl)ccc2OC(F)F)C1. The molecule has 0 aromatic heterocycles. The molecule has 1 fully saturated rings. The Hall–Kier alpha value is -0.920. The summed E-state index contributed by atoms with van der Waals surface area (Å²) in [6.07, 6.45) is 0.522. The minimum atomic E-state index is -2.98. The van der Waals surface area contributed by atoms with Crippen LogP contribution in [0.2, 0.25) is 5.02 Å². The number of hydrogen-bond donors (Lipinski definition) is 1. The summed E-state index contributed by atoms with van der Waals surface area (Å²) in [5, 5.41) is 3.44. The van der Waals surface area contributed by atoms with Gasteiger partial charge in [0.2, 0.25) is 0 Å². The molecule has 0 radical (unpaired) electrons. The molecule has 0 saturated carbocycles. The molecule has 0 aliphatic carbocycles. The average molecular weight is 326 g/mol. The molecule has 112 valence electrons. The minimum absolute atomic E-state index is 0.0396. The summed E-state index contributed by atoms with van der Waals surface area (Å²) in [4.78, 5) is 0. The monoisotopic (exact) mass is 325 g/mol. The number of nitrogens with one attached hydrogen (secondary N) is 1. The van der Waals surface area contributed by atoms with Crippen LogP contribution in [0, 0.1) is 0 Å². The normalized spacial score (nSPS) is 21.3. The Morgan fingerprint density at radius 1 is 1.45 bits per heavy atom. The first kappa shape index (κ1) is 15.5. The molecule has 1 aliphatic rings. The van der Waals surface area contributed by atoms with Gasteiger partial charge in [-0.1, -0.05) is 11.6 Å². The third-order valence-electron chi connectivity index (χ3n) is 3.05. The Labute approximate surface area is 121 Å². The molecule has 0 bridgehead atoms. The molecule has 1 aromatic carbocycles. The van der Waals surface area contributed by atoms with E-state index in [0.29, 0.717) is 17.0 Å². The van der Waals surface area contributed by atoms with Crippen molar-refractivity contribution in [3.63, 3.8) is 0 Å². The maximum Gasteiger partial charge on any atom is 0.387 e. The van der Waals surface area contributed by atoms with E-state index in [0.717, 1.165) is 0 Å². The van der Waals surface area contributed by atoms with Crippen LogP contribution in [0.3, 0.4) is 0 Å². The molecule has 0 amide bonds. The molecule has 0 spiro atoms. The summed E-state index contributed by atoms with van der Waals surface area (Å²) in [6.45, 7) is -2.69. The molecular weight excluding hydrogens is 312 g/mol. The fraction of sp³-hybridized carbons (Fsp3) is 0.500. The van der Waals surface area contributed by atoms with E-state index in [-0.39, 0.29) is 29.8 Å². The van der Waals surface area contributed by atoms with Crippen LogP contribution in [0.1, 0.15) is 12.0 Å². The van der Waals surface area contributed by atoms with Crippen molar-refractivity contribution in [1.82, 2.24) is 5.32 Å². The summed E-state index contributed by atoms with van der Waals surface area (Å²) in [5.74, 6) is 0.261. The highest BCUT2D eigenvalue weighted by molar-refractivity contribution is 7.91. The first-order valence-electron chi connectivity index (χ1n) is 6.03. The number of sulfone groups is 1. The quantitative estimate of drug-likeness (QED) is 0.902. The van der Waals surface area contributed by atoms with Crippen molar-refractivity contribution in [2.75, 3.05) is 11.5 Å². The van der Waals surface area contributed by atoms with Crippen LogP contribution in [0.5, 0.6) is 5.75 Å². The Kier molecular flexibility index (Phi) is 4.82. The predicted octanol–water partition coefficient (Wildman–Crippen LogP) is 2.22. The first-order chi connectivity index (χ1) is 9.35. The summed E-state index contributed by atoms with van der Waals surface area (Å²) < 4.78 is 51.7. The molecule has 1 aromatic rings. The van der Waals surface area contributed by atoms with Gasteiger partial charge >= 0.3 is 6.61 Å². The van der Waals surface area contributed by atoms with E-state index >= 15 is 0 Å². The van der Waals surface area contributed by atoms with Crippen molar-refractivity contribution in [2.24, 2.45) is 0 Å². The Bertz CT molecular complexity index is 580. The van der Waals surface area contributed by atoms with Gasteiger partial charge in [0.15, 0.2) is 9.84 Å². The summed E-state index contributed by atoms with van der Waals surface area (Å²) in [6, 6.07) is 4.19. The fourth-order valence-electron chi connectivity index (χ4n) is 2.11. The lowest BCUT2D eigenvalue weighted by atomic mass is 10.2. The maximum atomic E-state index is 12.3. The van der Waals surface area contributed by atoms with Gasteiger partial charge in [-0.2, -0.15) is 8.78 Å². The summed E-state index contributed by atoms with van der Waals surface area (Å²) >= 11 is 5.83. The Morgan fingerprint density at radius 2 is 2.20 bits per heavy atom. The van der Waals surface area contributed by atoms with Gasteiger partial charge in [-0.3, -0.25) is 0 Å². The van der Waals surface area contributed by atoms with Gasteiger partial charge in [0, 0.05) is 23.2 Å². The third-order valence-corrected chi connectivity index (χ3v) is 5.06. The Morgan fingerprint density at radius 3 is 2.80 bits per heavy atom. The number of halogens is 3. The van der Waals surface area contributed by atoms with Crippen molar-refractivity contribution in [1.29, 1.82) is 0 Å². The van der Waals surface area contributed by atoms with Crippen LogP contribution in [0.15, 0.2) is 18.2 Å². The number of hydrogen-bond acceptors (Lipinski definition) is 4. The molecule has 1 atom stereocenters. The molecule has 4 nitrogen and oxygen atoms in total. The van der Waals surface area contributed by atoms with E-state index in [9.17, 15) is 17.2 Å². The van der Waals surface area contributed by atoms with Crippen molar-refractivity contribution in [3.05, 3.63) is 28.8 Å². The molecule has 1 N–H and O–H groups in total. The molecule has 1 unspecified atom stereocenters. The minimum Gasteiger partial charge on any atom is -0.434 e. The number of ether oxygens (including phenoxy) is 1. The smallest absolute Gasteiger partial charge is 0.387 e. The second-order valence-corrected chi connectivity index (χ2v) is 7.28. The van der Waals surface area contributed by atoms with E-state index in [1.807, 2.05) is 0 Å². The van der Waals surface area contributed by atoms with Crippen molar-refractivity contribution in [3.8, 4) is 5.75 Å². The molecule has 1 saturated heterocycles. The van der Waals surface area contributed by atoms with Gasteiger partial charge in [-0.25, -0.2) is 8.42 Å². The molecule has 1 heterocycles. The van der Waals surface area contributed by atoms with E-state index < -0.39 is 16.4 Å². The zero-order chi connectivity index (χ0) is 14.8. The number of benzene rings is 1. The van der Waals surface area contributed by atoms with Crippen molar-refractivity contribution >= 4 is 21.4 Å². The Balaban J connectivity index is 2.03. The lowest BCUT2D eigenvalue weighted by Crippen LogP contribution is -2.29. The van der Waals surface area contributed by atoms with Gasteiger partial charge in [-0.15, -0.1) is 0 Å². The summed E-state index contributed by atoms with van der Waals surface area (Å²) in [5.41, 5.74) is 0.474. The molecular formula is C12H14ClF2NO3S. The largest absolute Gasteiger partial charge is 0.434 e. The molecule has 2 rings (SSSR count). The van der Waals surface area contributed by atoms with Crippen LogP contribution in [-0.2, 0) is 16.4 Å². The van der Waals surface area contributed by atoms with Crippen LogP contribution < -0.4 is 10.1 Å². The van der Waals surface area contributed by atoms with Gasteiger partial charge in [-0.05, 0) is 24.6 Å². The van der Waals surface area contributed by atoms with Crippen LogP contribution in [0.4, 0.5) is 8.78 Å². The van der Waals surface area contributed by atoms with E-state index in [4.69, 9.17) is 11.6 Å². The molecule has 1 aliphatic heterocycles. The van der Waals surface area contributed by atoms with E-state index in [1.54, 1.807) is 0 Å². The number of rotatable bonds is 5. The van der Waals surface area contributed by atoms with Crippen molar-refractivity contribution in [2.45, 2.75) is 25.6 Å². The second kappa shape index (κ2) is 6.24. The zero-order valence-corrected chi connectivity index (χ0v) is 12.1. The second-order valence-electron chi connectivity index (χ2n) is 4.61. The van der Waals surface area contributed by atoms with Gasteiger partial charge < -0.3 is 10.1 Å². The highest BCUT2D eigenvalue weighted by Crippen LogP contribution is 2.25. The number of alkyl halides is 2. The van der Waals surface area contributed by atoms with Gasteiger partial charge in [0.25, 0.3) is 0 Å². The standard InChI is InChI=1S/C12H14ClF2NO3S/c13-9-1-2-11(19-12(14)15)8(5-9)6-16-10-3-4-20(17,18)7-10/h1-2,5,10,12,16H,3-4,6-7H2. The highest BCUT2D eigenvalue weighted by Gasteiger charge is 2.27.